The number of rotatable bonds is 2. The highest BCUT2D eigenvalue weighted by molar-refractivity contribution is 6.08. The fraction of sp³-hybridized carbons (Fsp3) is 0.375. The average molecular weight is 285 g/mol. The molecule has 1 aromatic carbocycles. The predicted molar refractivity (Wildman–Crippen MR) is 81.1 cm³/mol. The number of H-pyrrole nitrogens is 1. The van der Waals surface area contributed by atoms with E-state index in [4.69, 9.17) is 4.74 Å². The quantitative estimate of drug-likeness (QED) is 0.922. The van der Waals surface area contributed by atoms with Crippen LogP contribution in [-0.2, 0) is 6.42 Å². The van der Waals surface area contributed by atoms with Crippen molar-refractivity contribution < 1.29 is 9.53 Å². The van der Waals surface area contributed by atoms with Crippen LogP contribution in [0.2, 0.25) is 0 Å². The number of hydrogen-bond donors (Lipinski definition) is 1. The van der Waals surface area contributed by atoms with E-state index in [0.717, 1.165) is 47.8 Å². The first kappa shape index (κ1) is 13.7. The third-order valence-electron chi connectivity index (χ3n) is 3.99. The molecule has 2 heterocycles. The van der Waals surface area contributed by atoms with E-state index in [9.17, 15) is 4.79 Å². The molecule has 1 aliphatic rings. The highest BCUT2D eigenvalue weighted by Gasteiger charge is 2.27. The number of benzene rings is 1. The molecule has 1 aliphatic heterocycles. The maximum Gasteiger partial charge on any atom is 0.262 e. The second-order valence-electron chi connectivity index (χ2n) is 5.36. The molecule has 0 saturated carbocycles. The summed E-state index contributed by atoms with van der Waals surface area (Å²) in [5, 5.41) is 7.00. The number of ether oxygens (including phenoxy) is 1. The number of anilines is 1. The summed E-state index contributed by atoms with van der Waals surface area (Å²) in [5.41, 5.74) is 4.38. The van der Waals surface area contributed by atoms with Crippen LogP contribution in [-0.4, -0.2) is 29.8 Å². The van der Waals surface area contributed by atoms with Gasteiger partial charge < -0.3 is 9.64 Å². The summed E-state index contributed by atoms with van der Waals surface area (Å²) >= 11 is 0. The van der Waals surface area contributed by atoms with Crippen molar-refractivity contribution in [3.8, 4) is 5.75 Å². The lowest BCUT2D eigenvalue weighted by molar-refractivity contribution is 0.0984. The van der Waals surface area contributed by atoms with Gasteiger partial charge in [-0.15, -0.1) is 0 Å². The van der Waals surface area contributed by atoms with Crippen LogP contribution in [0.1, 0.15) is 33.7 Å². The number of methoxy groups -OCH3 is 1. The lowest BCUT2D eigenvalue weighted by Gasteiger charge is -2.30. The Bertz CT molecular complexity index is 671. The van der Waals surface area contributed by atoms with Crippen molar-refractivity contribution in [3.05, 3.63) is 40.7 Å². The molecule has 0 atom stereocenters. The van der Waals surface area contributed by atoms with Gasteiger partial charge in [0.2, 0.25) is 0 Å². The molecule has 0 bridgehead atoms. The Morgan fingerprint density at radius 2 is 2.19 bits per heavy atom. The average Bonchev–Trinajstić information content (AvgIpc) is 2.84. The van der Waals surface area contributed by atoms with Crippen LogP contribution in [0.15, 0.2) is 18.2 Å². The zero-order valence-corrected chi connectivity index (χ0v) is 12.6. The number of aromatic amines is 1. The van der Waals surface area contributed by atoms with Crippen molar-refractivity contribution in [2.45, 2.75) is 26.7 Å². The minimum absolute atomic E-state index is 0.0184. The van der Waals surface area contributed by atoms with Crippen LogP contribution < -0.4 is 9.64 Å². The minimum atomic E-state index is 0.0184. The highest BCUT2D eigenvalue weighted by atomic mass is 16.5. The van der Waals surface area contributed by atoms with Crippen LogP contribution in [0, 0.1) is 13.8 Å². The summed E-state index contributed by atoms with van der Waals surface area (Å²) in [6.07, 6.45) is 1.93. The van der Waals surface area contributed by atoms with Gasteiger partial charge in [-0.3, -0.25) is 9.89 Å². The fourth-order valence-electron chi connectivity index (χ4n) is 2.91. The lowest BCUT2D eigenvalue weighted by Crippen LogP contribution is -2.36. The van der Waals surface area contributed by atoms with Crippen molar-refractivity contribution in [1.29, 1.82) is 0 Å². The molecule has 3 rings (SSSR count). The van der Waals surface area contributed by atoms with Crippen molar-refractivity contribution in [2.24, 2.45) is 0 Å². The summed E-state index contributed by atoms with van der Waals surface area (Å²) in [6, 6.07) is 5.89. The molecule has 5 heteroatoms. The molecule has 0 aliphatic carbocycles. The van der Waals surface area contributed by atoms with Crippen LogP contribution in [0.5, 0.6) is 5.75 Å². The number of aryl methyl sites for hydroxylation is 3. The van der Waals surface area contributed by atoms with Gasteiger partial charge in [-0.05, 0) is 50.5 Å². The fourth-order valence-corrected chi connectivity index (χ4v) is 2.91. The largest absolute Gasteiger partial charge is 0.497 e. The Morgan fingerprint density at radius 1 is 1.38 bits per heavy atom. The molecule has 1 aromatic heterocycles. The number of nitrogens with one attached hydrogen (secondary N) is 1. The summed E-state index contributed by atoms with van der Waals surface area (Å²) in [4.78, 5) is 14.7. The first-order valence-corrected chi connectivity index (χ1v) is 7.12. The number of amides is 1. The van der Waals surface area contributed by atoms with Gasteiger partial charge >= 0.3 is 0 Å². The van der Waals surface area contributed by atoms with E-state index < -0.39 is 0 Å². The van der Waals surface area contributed by atoms with Gasteiger partial charge in [0.1, 0.15) is 5.75 Å². The van der Waals surface area contributed by atoms with Gasteiger partial charge in [-0.25, -0.2) is 0 Å². The normalized spacial score (nSPS) is 14.0. The minimum Gasteiger partial charge on any atom is -0.497 e. The molecule has 1 N–H and O–H groups in total. The number of carbonyl (C=O) groups is 1. The second kappa shape index (κ2) is 5.24. The molecule has 0 spiro atoms. The van der Waals surface area contributed by atoms with Gasteiger partial charge in [-0.1, -0.05) is 0 Å². The van der Waals surface area contributed by atoms with Gasteiger partial charge in [0.05, 0.1) is 18.4 Å². The van der Waals surface area contributed by atoms with Crippen LogP contribution in [0.3, 0.4) is 0 Å². The number of carbonyl (C=O) groups excluding carboxylic acids is 1. The van der Waals surface area contributed by atoms with E-state index >= 15 is 0 Å². The van der Waals surface area contributed by atoms with Crippen molar-refractivity contribution >= 4 is 11.6 Å². The molecule has 110 valence electrons. The summed E-state index contributed by atoms with van der Waals surface area (Å²) in [7, 11) is 1.66. The first-order valence-electron chi connectivity index (χ1n) is 7.12. The molecular weight excluding hydrogens is 266 g/mol. The van der Waals surface area contributed by atoms with E-state index in [1.165, 1.54) is 0 Å². The van der Waals surface area contributed by atoms with Crippen molar-refractivity contribution in [1.82, 2.24) is 10.2 Å². The molecular formula is C16H19N3O2. The Balaban J connectivity index is 2.00. The SMILES string of the molecule is COc1ccc2c(c1)CCCN2C(=O)c1c(C)n[nH]c1C. The molecule has 0 radical (unpaired) electrons. The Labute approximate surface area is 123 Å². The van der Waals surface area contributed by atoms with Gasteiger partial charge in [-0.2, -0.15) is 5.10 Å². The van der Waals surface area contributed by atoms with Crippen LogP contribution >= 0.6 is 0 Å². The van der Waals surface area contributed by atoms with Crippen molar-refractivity contribution in [2.75, 3.05) is 18.6 Å². The zero-order valence-electron chi connectivity index (χ0n) is 12.6. The zero-order chi connectivity index (χ0) is 15.0. The van der Waals surface area contributed by atoms with E-state index in [1.54, 1.807) is 7.11 Å². The highest BCUT2D eigenvalue weighted by Crippen LogP contribution is 2.32. The maximum absolute atomic E-state index is 12.9. The first-order chi connectivity index (χ1) is 10.1. The van der Waals surface area contributed by atoms with E-state index in [0.29, 0.717) is 5.56 Å². The monoisotopic (exact) mass is 285 g/mol. The van der Waals surface area contributed by atoms with Crippen LogP contribution in [0.25, 0.3) is 0 Å². The number of hydrogen-bond acceptors (Lipinski definition) is 3. The van der Waals surface area contributed by atoms with E-state index in [-0.39, 0.29) is 5.91 Å². The molecule has 21 heavy (non-hydrogen) atoms. The summed E-state index contributed by atoms with van der Waals surface area (Å²) in [6.45, 7) is 4.48. The second-order valence-corrected chi connectivity index (χ2v) is 5.36. The van der Waals surface area contributed by atoms with Gasteiger partial charge in [0, 0.05) is 17.9 Å². The lowest BCUT2D eigenvalue weighted by atomic mass is 10.00. The summed E-state index contributed by atoms with van der Waals surface area (Å²) in [5.74, 6) is 0.851. The topological polar surface area (TPSA) is 58.2 Å². The third kappa shape index (κ3) is 2.28. The number of nitrogens with zero attached hydrogens (tertiary/aromatic N) is 2. The predicted octanol–water partition coefficient (Wildman–Crippen LogP) is 2.63. The van der Waals surface area contributed by atoms with E-state index in [1.807, 2.05) is 36.9 Å². The standard InChI is InChI=1S/C16H19N3O2/c1-10-15(11(2)18-17-10)16(20)19-8-4-5-12-9-13(21-3)6-7-14(12)19/h6-7,9H,4-5,8H2,1-3H3,(H,17,18). The number of aromatic nitrogens is 2. The molecule has 1 amide bonds. The smallest absolute Gasteiger partial charge is 0.262 e. The van der Waals surface area contributed by atoms with E-state index in [2.05, 4.69) is 10.2 Å². The molecule has 5 nitrogen and oxygen atoms in total. The van der Waals surface area contributed by atoms with Gasteiger partial charge in [0.15, 0.2) is 0 Å². The Kier molecular flexibility index (Phi) is 3.41. The number of fused-ring (bicyclic) bond motifs is 1. The summed E-state index contributed by atoms with van der Waals surface area (Å²) < 4.78 is 5.27. The third-order valence-corrected chi connectivity index (χ3v) is 3.99. The maximum atomic E-state index is 12.9. The van der Waals surface area contributed by atoms with Gasteiger partial charge in [0.25, 0.3) is 5.91 Å². The van der Waals surface area contributed by atoms with Crippen LogP contribution in [0.4, 0.5) is 5.69 Å². The molecule has 0 fully saturated rings. The van der Waals surface area contributed by atoms with Crippen molar-refractivity contribution in [3.63, 3.8) is 0 Å². The molecule has 2 aromatic rings. The molecule has 0 saturated heterocycles. The Morgan fingerprint density at radius 3 is 2.86 bits per heavy atom. The molecule has 0 unspecified atom stereocenters. The Hall–Kier alpha value is -2.30.